The topological polar surface area (TPSA) is 56.2 Å². The van der Waals surface area contributed by atoms with Crippen LogP contribution in [0.2, 0.25) is 5.02 Å². The number of halogens is 1. The molecule has 1 amide bonds. The summed E-state index contributed by atoms with van der Waals surface area (Å²) in [7, 11) is 0. The second kappa shape index (κ2) is 9.42. The summed E-state index contributed by atoms with van der Waals surface area (Å²) in [6.07, 6.45) is 2.18. The Hall–Kier alpha value is -2.53. The van der Waals surface area contributed by atoms with Gasteiger partial charge in [-0.1, -0.05) is 42.8 Å². The molecule has 0 spiro atoms. The van der Waals surface area contributed by atoms with E-state index in [1.54, 1.807) is 0 Å². The van der Waals surface area contributed by atoms with Crippen LogP contribution in [-0.4, -0.2) is 22.1 Å². The van der Waals surface area contributed by atoms with Gasteiger partial charge in [-0.25, -0.2) is 4.98 Å². The second-order valence-corrected chi connectivity index (χ2v) is 6.73. The van der Waals surface area contributed by atoms with E-state index in [0.29, 0.717) is 30.3 Å². The smallest absolute Gasteiger partial charge is 0.220 e. The van der Waals surface area contributed by atoms with Gasteiger partial charge in [-0.05, 0) is 37.1 Å². The van der Waals surface area contributed by atoms with Crippen LogP contribution in [0.5, 0.6) is 5.75 Å². The second-order valence-electron chi connectivity index (χ2n) is 6.33. The Kier molecular flexibility index (Phi) is 6.71. The highest BCUT2D eigenvalue weighted by atomic mass is 35.5. The molecule has 1 aromatic heterocycles. The molecule has 0 saturated heterocycles. The van der Waals surface area contributed by atoms with Gasteiger partial charge in [0.1, 0.15) is 11.6 Å². The Labute approximate surface area is 164 Å². The van der Waals surface area contributed by atoms with Crippen LogP contribution in [0.3, 0.4) is 0 Å². The first kappa shape index (κ1) is 19.2. The molecule has 0 atom stereocenters. The van der Waals surface area contributed by atoms with Gasteiger partial charge in [0.25, 0.3) is 0 Å². The van der Waals surface area contributed by atoms with Crippen LogP contribution in [-0.2, 0) is 17.9 Å². The first-order valence-electron chi connectivity index (χ1n) is 9.27. The molecule has 0 fully saturated rings. The first-order chi connectivity index (χ1) is 13.2. The van der Waals surface area contributed by atoms with Gasteiger partial charge in [0.2, 0.25) is 5.91 Å². The van der Waals surface area contributed by atoms with Gasteiger partial charge in [0.15, 0.2) is 0 Å². The number of amides is 1. The van der Waals surface area contributed by atoms with E-state index in [1.807, 2.05) is 49.4 Å². The average Bonchev–Trinajstić information content (AvgIpc) is 3.03. The molecule has 6 heteroatoms. The van der Waals surface area contributed by atoms with Crippen molar-refractivity contribution in [1.29, 1.82) is 0 Å². The number of hydrogen-bond acceptors (Lipinski definition) is 3. The Morgan fingerprint density at radius 2 is 1.96 bits per heavy atom. The molecule has 2 aromatic carbocycles. The van der Waals surface area contributed by atoms with E-state index in [1.165, 1.54) is 0 Å². The third-order valence-electron chi connectivity index (χ3n) is 4.27. The van der Waals surface area contributed by atoms with Crippen molar-refractivity contribution in [2.45, 2.75) is 39.3 Å². The number of fused-ring (bicyclic) bond motifs is 1. The number of nitrogens with one attached hydrogen (secondary N) is 1. The number of carbonyl (C=O) groups is 1. The number of benzene rings is 2. The molecule has 27 heavy (non-hydrogen) atoms. The van der Waals surface area contributed by atoms with Crippen molar-refractivity contribution < 1.29 is 9.53 Å². The third-order valence-corrected chi connectivity index (χ3v) is 4.59. The quantitative estimate of drug-likeness (QED) is 0.549. The molecule has 3 rings (SSSR count). The van der Waals surface area contributed by atoms with Crippen molar-refractivity contribution in [3.8, 4) is 5.75 Å². The predicted octanol–water partition coefficient (Wildman–Crippen LogP) is 4.58. The van der Waals surface area contributed by atoms with Crippen molar-refractivity contribution >= 4 is 28.5 Å². The molecular weight excluding hydrogens is 362 g/mol. The Balaban J connectivity index is 1.65. The number of carbonyl (C=O) groups excluding carboxylic acids is 1. The average molecular weight is 386 g/mol. The fourth-order valence-electron chi connectivity index (χ4n) is 2.97. The molecule has 0 saturated carbocycles. The van der Waals surface area contributed by atoms with Crippen LogP contribution < -0.4 is 10.1 Å². The van der Waals surface area contributed by atoms with E-state index < -0.39 is 0 Å². The maximum absolute atomic E-state index is 11.8. The van der Waals surface area contributed by atoms with Gasteiger partial charge in [0.05, 0.1) is 29.2 Å². The summed E-state index contributed by atoms with van der Waals surface area (Å²) in [5.41, 5.74) is 2.00. The highest BCUT2D eigenvalue weighted by Gasteiger charge is 2.11. The summed E-state index contributed by atoms with van der Waals surface area (Å²) in [6, 6.07) is 15.5. The lowest BCUT2D eigenvalue weighted by Gasteiger charge is -2.11. The summed E-state index contributed by atoms with van der Waals surface area (Å²) < 4.78 is 7.93. The van der Waals surface area contributed by atoms with Crippen molar-refractivity contribution in [2.75, 3.05) is 6.61 Å². The van der Waals surface area contributed by atoms with Crippen molar-refractivity contribution in [2.24, 2.45) is 0 Å². The molecule has 1 N–H and O–H groups in total. The molecule has 0 aliphatic heterocycles. The normalized spacial score (nSPS) is 10.9. The SMILES string of the molecule is CCCC(=O)NCc1nc2ccccc2n1CCCOc1ccccc1Cl. The van der Waals surface area contributed by atoms with Gasteiger partial charge >= 0.3 is 0 Å². The summed E-state index contributed by atoms with van der Waals surface area (Å²) in [5.74, 6) is 1.61. The lowest BCUT2D eigenvalue weighted by atomic mass is 10.3. The van der Waals surface area contributed by atoms with Crippen molar-refractivity contribution in [1.82, 2.24) is 14.9 Å². The third kappa shape index (κ3) is 5.01. The molecule has 0 aliphatic rings. The fraction of sp³-hybridized carbons (Fsp3) is 0.333. The number of aromatic nitrogens is 2. The summed E-state index contributed by atoms with van der Waals surface area (Å²) in [4.78, 5) is 16.5. The van der Waals surface area contributed by atoms with Crippen LogP contribution in [0, 0.1) is 0 Å². The summed E-state index contributed by atoms with van der Waals surface area (Å²) >= 11 is 6.12. The van der Waals surface area contributed by atoms with Gasteiger partial charge < -0.3 is 14.6 Å². The van der Waals surface area contributed by atoms with E-state index in [4.69, 9.17) is 16.3 Å². The van der Waals surface area contributed by atoms with Crippen molar-refractivity contribution in [3.05, 3.63) is 59.4 Å². The van der Waals surface area contributed by atoms with Gasteiger partial charge in [-0.3, -0.25) is 4.79 Å². The van der Waals surface area contributed by atoms with Gasteiger partial charge in [-0.15, -0.1) is 0 Å². The first-order valence-corrected chi connectivity index (χ1v) is 9.65. The summed E-state index contributed by atoms with van der Waals surface area (Å²) in [5, 5.41) is 3.57. The van der Waals surface area contributed by atoms with E-state index in [2.05, 4.69) is 20.9 Å². The van der Waals surface area contributed by atoms with E-state index in [-0.39, 0.29) is 5.91 Å². The highest BCUT2D eigenvalue weighted by molar-refractivity contribution is 6.32. The highest BCUT2D eigenvalue weighted by Crippen LogP contribution is 2.23. The largest absolute Gasteiger partial charge is 0.492 e. The minimum absolute atomic E-state index is 0.0539. The monoisotopic (exact) mass is 385 g/mol. The molecule has 5 nitrogen and oxygen atoms in total. The van der Waals surface area contributed by atoms with Crippen LogP contribution in [0.25, 0.3) is 11.0 Å². The Morgan fingerprint density at radius 3 is 2.78 bits per heavy atom. The standard InChI is InChI=1S/C21H24ClN3O2/c1-2-8-21(26)23-15-20-24-17-10-4-5-11-18(17)25(20)13-7-14-27-19-12-6-3-9-16(19)22/h3-6,9-12H,2,7-8,13-15H2,1H3,(H,23,26). The predicted molar refractivity (Wildman–Crippen MR) is 108 cm³/mol. The lowest BCUT2D eigenvalue weighted by Crippen LogP contribution is -2.24. The molecule has 0 bridgehead atoms. The molecule has 0 radical (unpaired) electrons. The maximum Gasteiger partial charge on any atom is 0.220 e. The molecule has 0 aliphatic carbocycles. The van der Waals surface area contributed by atoms with Crippen LogP contribution in [0.1, 0.15) is 32.0 Å². The lowest BCUT2D eigenvalue weighted by molar-refractivity contribution is -0.121. The fourth-order valence-corrected chi connectivity index (χ4v) is 3.16. The zero-order valence-corrected chi connectivity index (χ0v) is 16.2. The number of para-hydroxylation sites is 3. The van der Waals surface area contributed by atoms with Gasteiger partial charge in [0, 0.05) is 13.0 Å². The number of ether oxygens (including phenoxy) is 1. The number of rotatable bonds is 9. The van der Waals surface area contributed by atoms with Crippen molar-refractivity contribution in [3.63, 3.8) is 0 Å². The zero-order chi connectivity index (χ0) is 19.1. The molecule has 142 valence electrons. The Bertz CT molecular complexity index is 907. The van der Waals surface area contributed by atoms with Crippen LogP contribution in [0.4, 0.5) is 0 Å². The Morgan fingerprint density at radius 1 is 1.19 bits per heavy atom. The minimum Gasteiger partial charge on any atom is -0.492 e. The van der Waals surface area contributed by atoms with E-state index in [9.17, 15) is 4.79 Å². The van der Waals surface area contributed by atoms with Crippen LogP contribution in [0.15, 0.2) is 48.5 Å². The van der Waals surface area contributed by atoms with E-state index in [0.717, 1.165) is 36.2 Å². The number of hydrogen-bond donors (Lipinski definition) is 1. The molecule has 1 heterocycles. The molecule has 3 aromatic rings. The van der Waals surface area contributed by atoms with Crippen LogP contribution >= 0.6 is 11.6 Å². The summed E-state index contributed by atoms with van der Waals surface area (Å²) in [6.45, 7) is 3.73. The molecule has 0 unspecified atom stereocenters. The number of nitrogens with zero attached hydrogens (tertiary/aromatic N) is 2. The minimum atomic E-state index is 0.0539. The number of imidazole rings is 1. The number of aryl methyl sites for hydroxylation is 1. The molecular formula is C21H24ClN3O2. The van der Waals surface area contributed by atoms with Gasteiger partial charge in [-0.2, -0.15) is 0 Å². The zero-order valence-electron chi connectivity index (χ0n) is 15.5. The van der Waals surface area contributed by atoms with E-state index >= 15 is 0 Å². The maximum atomic E-state index is 11.8.